The predicted octanol–water partition coefficient (Wildman–Crippen LogP) is 4.01. The van der Waals surface area contributed by atoms with Crippen LogP contribution in [0.1, 0.15) is 29.3 Å². The molecule has 2 amide bonds. The van der Waals surface area contributed by atoms with Gasteiger partial charge in [-0.1, -0.05) is 18.2 Å². The summed E-state index contributed by atoms with van der Waals surface area (Å²) >= 11 is 0. The fraction of sp³-hybridized carbons (Fsp3) is 0.261. The second-order valence-electron chi connectivity index (χ2n) is 7.62. The first-order chi connectivity index (χ1) is 14.4. The lowest BCUT2D eigenvalue weighted by atomic mass is 10.1. The number of hydrogen-bond donors (Lipinski definition) is 2. The monoisotopic (exact) mass is 404 g/mol. The fourth-order valence-corrected chi connectivity index (χ4v) is 3.92. The third-order valence-electron chi connectivity index (χ3n) is 5.19. The lowest BCUT2D eigenvalue weighted by molar-refractivity contribution is -0.123. The Kier molecular flexibility index (Phi) is 5.03. The average Bonchev–Trinajstić information content (AvgIpc) is 3.15. The molecule has 0 fully saturated rings. The van der Waals surface area contributed by atoms with Crippen molar-refractivity contribution >= 4 is 23.3 Å². The van der Waals surface area contributed by atoms with Gasteiger partial charge < -0.3 is 15.4 Å². The highest BCUT2D eigenvalue weighted by molar-refractivity contribution is 6.04. The molecular formula is C23H24N4O3. The van der Waals surface area contributed by atoms with Gasteiger partial charge in [0.15, 0.2) is 0 Å². The highest BCUT2D eigenvalue weighted by Crippen LogP contribution is 2.38. The summed E-state index contributed by atoms with van der Waals surface area (Å²) in [6.45, 7) is 5.85. The minimum Gasteiger partial charge on any atom is -0.497 e. The average molecular weight is 404 g/mol. The van der Waals surface area contributed by atoms with E-state index in [1.807, 2.05) is 63.2 Å². The van der Waals surface area contributed by atoms with Crippen molar-refractivity contribution in [3.63, 3.8) is 0 Å². The van der Waals surface area contributed by atoms with Gasteiger partial charge in [-0.2, -0.15) is 5.10 Å². The zero-order valence-electron chi connectivity index (χ0n) is 17.4. The van der Waals surface area contributed by atoms with Gasteiger partial charge in [0, 0.05) is 11.3 Å². The SMILES string of the molecule is COc1ccc(-c2c(C)nn3c2NC(=O)C3CC(=O)Nc2cc(C)cc(C)c2)cc1. The molecule has 0 aliphatic carbocycles. The number of amides is 2. The van der Waals surface area contributed by atoms with E-state index in [0.717, 1.165) is 39.4 Å². The van der Waals surface area contributed by atoms with E-state index >= 15 is 0 Å². The molecule has 2 aromatic carbocycles. The van der Waals surface area contributed by atoms with Gasteiger partial charge in [0.1, 0.15) is 17.6 Å². The molecule has 1 aliphatic heterocycles. The van der Waals surface area contributed by atoms with Crippen molar-refractivity contribution < 1.29 is 14.3 Å². The quantitative estimate of drug-likeness (QED) is 0.673. The van der Waals surface area contributed by atoms with Gasteiger partial charge in [-0.05, 0) is 61.7 Å². The van der Waals surface area contributed by atoms with Crippen LogP contribution in [0.25, 0.3) is 11.1 Å². The van der Waals surface area contributed by atoms with Gasteiger partial charge in [-0.25, -0.2) is 4.68 Å². The van der Waals surface area contributed by atoms with Crippen LogP contribution in [0.2, 0.25) is 0 Å². The number of aryl methyl sites for hydroxylation is 3. The molecule has 0 radical (unpaired) electrons. The van der Waals surface area contributed by atoms with Crippen LogP contribution in [-0.4, -0.2) is 28.7 Å². The zero-order chi connectivity index (χ0) is 21.4. The summed E-state index contributed by atoms with van der Waals surface area (Å²) < 4.78 is 6.84. The molecule has 30 heavy (non-hydrogen) atoms. The molecule has 1 aromatic heterocycles. The number of aromatic nitrogens is 2. The van der Waals surface area contributed by atoms with Crippen LogP contribution < -0.4 is 15.4 Å². The summed E-state index contributed by atoms with van der Waals surface area (Å²) in [4.78, 5) is 25.2. The van der Waals surface area contributed by atoms with Crippen LogP contribution in [0, 0.1) is 20.8 Å². The third kappa shape index (κ3) is 3.66. The lowest BCUT2D eigenvalue weighted by Crippen LogP contribution is -2.23. The van der Waals surface area contributed by atoms with Gasteiger partial charge in [-0.3, -0.25) is 9.59 Å². The molecule has 7 heteroatoms. The second-order valence-corrected chi connectivity index (χ2v) is 7.62. The summed E-state index contributed by atoms with van der Waals surface area (Å²) in [5.41, 5.74) is 5.43. The van der Waals surface area contributed by atoms with Crippen LogP contribution in [-0.2, 0) is 9.59 Å². The number of fused-ring (bicyclic) bond motifs is 1. The minimum atomic E-state index is -0.684. The highest BCUT2D eigenvalue weighted by Gasteiger charge is 2.36. The normalized spacial score (nSPS) is 14.9. The van der Waals surface area contributed by atoms with Crippen molar-refractivity contribution in [2.75, 3.05) is 17.7 Å². The van der Waals surface area contributed by atoms with E-state index in [4.69, 9.17) is 4.74 Å². The van der Waals surface area contributed by atoms with Crippen molar-refractivity contribution in [3.05, 3.63) is 59.3 Å². The van der Waals surface area contributed by atoms with E-state index in [9.17, 15) is 9.59 Å². The second kappa shape index (κ2) is 7.67. The summed E-state index contributed by atoms with van der Waals surface area (Å²) in [7, 11) is 1.62. The van der Waals surface area contributed by atoms with E-state index in [-0.39, 0.29) is 18.2 Å². The number of hydrogen-bond acceptors (Lipinski definition) is 4. The predicted molar refractivity (Wildman–Crippen MR) is 116 cm³/mol. The largest absolute Gasteiger partial charge is 0.497 e. The standard InChI is InChI=1S/C23H24N4O3/c1-13-9-14(2)11-17(10-13)24-20(28)12-19-23(29)25-22-21(15(3)26-27(19)22)16-5-7-18(30-4)8-6-16/h5-11,19H,12H2,1-4H3,(H,24,28)(H,25,29). The van der Waals surface area contributed by atoms with Crippen LogP contribution in [0.3, 0.4) is 0 Å². The number of ether oxygens (including phenoxy) is 1. The maximum atomic E-state index is 12.6. The smallest absolute Gasteiger partial charge is 0.251 e. The molecule has 1 unspecified atom stereocenters. The summed E-state index contributed by atoms with van der Waals surface area (Å²) in [6.07, 6.45) is 0.00892. The van der Waals surface area contributed by atoms with Gasteiger partial charge in [-0.15, -0.1) is 0 Å². The van der Waals surface area contributed by atoms with E-state index in [1.165, 1.54) is 0 Å². The minimum absolute atomic E-state index is 0.00892. The first-order valence-electron chi connectivity index (χ1n) is 9.78. The Morgan fingerprint density at radius 3 is 2.43 bits per heavy atom. The summed E-state index contributed by atoms with van der Waals surface area (Å²) in [6, 6.07) is 12.8. The molecule has 1 aliphatic rings. The zero-order valence-corrected chi connectivity index (χ0v) is 17.4. The number of carbonyl (C=O) groups is 2. The first kappa shape index (κ1) is 19.7. The molecular weight excluding hydrogens is 380 g/mol. The molecule has 2 heterocycles. The summed E-state index contributed by atoms with van der Waals surface area (Å²) in [5.74, 6) is 0.909. The molecule has 2 N–H and O–H groups in total. The van der Waals surface area contributed by atoms with Crippen molar-refractivity contribution in [1.82, 2.24) is 9.78 Å². The topological polar surface area (TPSA) is 85.2 Å². The molecule has 0 spiro atoms. The number of carbonyl (C=O) groups excluding carboxylic acids is 2. The number of rotatable bonds is 5. The number of anilines is 2. The molecule has 7 nitrogen and oxygen atoms in total. The van der Waals surface area contributed by atoms with Crippen LogP contribution >= 0.6 is 0 Å². The number of methoxy groups -OCH3 is 1. The Labute approximate surface area is 175 Å². The highest BCUT2D eigenvalue weighted by atomic mass is 16.5. The summed E-state index contributed by atoms with van der Waals surface area (Å²) in [5, 5.41) is 10.3. The Hall–Kier alpha value is -3.61. The van der Waals surface area contributed by atoms with Crippen molar-refractivity contribution in [2.24, 2.45) is 0 Å². The van der Waals surface area contributed by atoms with Crippen LogP contribution in [0.15, 0.2) is 42.5 Å². The van der Waals surface area contributed by atoms with Gasteiger partial charge in [0.05, 0.1) is 19.2 Å². The number of nitrogens with one attached hydrogen (secondary N) is 2. The molecule has 1 atom stereocenters. The lowest BCUT2D eigenvalue weighted by Gasteiger charge is -2.11. The maximum Gasteiger partial charge on any atom is 0.251 e. The molecule has 0 bridgehead atoms. The van der Waals surface area contributed by atoms with Gasteiger partial charge in [0.25, 0.3) is 5.91 Å². The van der Waals surface area contributed by atoms with Crippen LogP contribution in [0.5, 0.6) is 5.75 Å². The Bertz CT molecular complexity index is 1110. The van der Waals surface area contributed by atoms with Gasteiger partial charge >= 0.3 is 0 Å². The van der Waals surface area contributed by atoms with Gasteiger partial charge in [0.2, 0.25) is 5.91 Å². The number of nitrogens with zero attached hydrogens (tertiary/aromatic N) is 2. The third-order valence-corrected chi connectivity index (χ3v) is 5.19. The fourth-order valence-electron chi connectivity index (χ4n) is 3.92. The Morgan fingerprint density at radius 1 is 1.13 bits per heavy atom. The molecule has 0 saturated carbocycles. The molecule has 3 aromatic rings. The van der Waals surface area contributed by atoms with Crippen molar-refractivity contribution in [2.45, 2.75) is 33.2 Å². The van der Waals surface area contributed by atoms with Crippen molar-refractivity contribution in [1.29, 1.82) is 0 Å². The van der Waals surface area contributed by atoms with Crippen LogP contribution in [0.4, 0.5) is 11.5 Å². The van der Waals surface area contributed by atoms with E-state index in [2.05, 4.69) is 15.7 Å². The van der Waals surface area contributed by atoms with E-state index in [1.54, 1.807) is 11.8 Å². The first-order valence-corrected chi connectivity index (χ1v) is 9.78. The molecule has 154 valence electrons. The van der Waals surface area contributed by atoms with Crippen molar-refractivity contribution in [3.8, 4) is 16.9 Å². The number of benzene rings is 2. The molecule has 0 saturated heterocycles. The Balaban J connectivity index is 1.57. The maximum absolute atomic E-state index is 12.6. The van der Waals surface area contributed by atoms with E-state index < -0.39 is 6.04 Å². The molecule has 4 rings (SSSR count). The Morgan fingerprint density at radius 2 is 1.80 bits per heavy atom. The van der Waals surface area contributed by atoms with E-state index in [0.29, 0.717) is 5.82 Å².